The molecule has 0 radical (unpaired) electrons. The summed E-state index contributed by atoms with van der Waals surface area (Å²) in [5.41, 5.74) is 2.26. The van der Waals surface area contributed by atoms with Crippen LogP contribution in [0.4, 0.5) is 0 Å². The van der Waals surface area contributed by atoms with Gasteiger partial charge in [-0.1, -0.05) is 50.6 Å². The molecular weight excluding hydrogens is 456 g/mol. The number of rotatable bonds is 7. The van der Waals surface area contributed by atoms with E-state index >= 15 is 0 Å². The minimum absolute atomic E-state index is 0.422. The molecule has 2 aromatic carbocycles. The smallest absolute Gasteiger partial charge is 0.0722 e. The summed E-state index contributed by atoms with van der Waals surface area (Å²) < 4.78 is 4.30. The van der Waals surface area contributed by atoms with Crippen LogP contribution in [0.5, 0.6) is 0 Å². The van der Waals surface area contributed by atoms with Crippen LogP contribution in [0.3, 0.4) is 0 Å². The van der Waals surface area contributed by atoms with Crippen molar-refractivity contribution in [2.45, 2.75) is 25.5 Å². The zero-order chi connectivity index (χ0) is 18.5. The van der Waals surface area contributed by atoms with Crippen LogP contribution in [-0.4, -0.2) is 22.0 Å². The molecule has 0 spiro atoms. The van der Waals surface area contributed by atoms with Gasteiger partial charge >= 0.3 is 0 Å². The Labute approximate surface area is 170 Å². The van der Waals surface area contributed by atoms with Crippen molar-refractivity contribution in [1.29, 1.82) is 0 Å². The maximum absolute atomic E-state index is 10.5. The van der Waals surface area contributed by atoms with Crippen LogP contribution in [0.25, 0.3) is 21.8 Å². The van der Waals surface area contributed by atoms with E-state index in [1.807, 2.05) is 18.2 Å². The molecule has 3 nitrogen and oxygen atoms in total. The van der Waals surface area contributed by atoms with Crippen molar-refractivity contribution >= 4 is 59.9 Å². The second-order valence-electron chi connectivity index (χ2n) is 6.08. The normalized spacial score (nSPS) is 13.3. The van der Waals surface area contributed by atoms with Gasteiger partial charge in [0.2, 0.25) is 0 Å². The molecule has 1 atom stereocenters. The highest BCUT2D eigenvalue weighted by molar-refractivity contribution is 9.10. The fraction of sp³-hybridized carbons (Fsp3) is 0.190. The molecule has 3 rings (SSSR count). The van der Waals surface area contributed by atoms with Gasteiger partial charge in [-0.2, -0.15) is 0 Å². The van der Waals surface area contributed by atoms with Crippen LogP contribution in [0.15, 0.2) is 75.3 Å². The van der Waals surface area contributed by atoms with Gasteiger partial charge in [0.05, 0.1) is 6.10 Å². The number of aromatic nitrogens is 1. The Bertz CT molecular complexity index is 929. The topological polar surface area (TPSA) is 37.5 Å². The highest BCUT2D eigenvalue weighted by atomic mass is 79.9. The average molecular weight is 476 g/mol. The fourth-order valence-electron chi connectivity index (χ4n) is 3.08. The van der Waals surface area contributed by atoms with Crippen LogP contribution in [-0.2, 0) is 6.54 Å². The number of benzene rings is 2. The monoisotopic (exact) mass is 474 g/mol. The molecule has 134 valence electrons. The van der Waals surface area contributed by atoms with Crippen molar-refractivity contribution in [2.24, 2.45) is 4.99 Å². The number of aliphatic imine (C=N–C) groups is 1. The first-order chi connectivity index (χ1) is 12.6. The van der Waals surface area contributed by atoms with E-state index < -0.39 is 6.10 Å². The van der Waals surface area contributed by atoms with Crippen LogP contribution in [0, 0.1) is 0 Å². The first-order valence-corrected chi connectivity index (χ1v) is 10.0. The third-order valence-electron chi connectivity index (χ3n) is 4.23. The first kappa shape index (κ1) is 19.1. The molecule has 0 bridgehead atoms. The first-order valence-electron chi connectivity index (χ1n) is 8.44. The summed E-state index contributed by atoms with van der Waals surface area (Å²) in [4.78, 5) is 4.04. The second-order valence-corrected chi connectivity index (χ2v) is 7.91. The Morgan fingerprint density at radius 3 is 2.27 bits per heavy atom. The highest BCUT2D eigenvalue weighted by Crippen LogP contribution is 2.33. The Morgan fingerprint density at radius 2 is 1.69 bits per heavy atom. The summed E-state index contributed by atoms with van der Waals surface area (Å²) in [7, 11) is 0. The zero-order valence-electron chi connectivity index (χ0n) is 14.3. The van der Waals surface area contributed by atoms with E-state index in [1.165, 1.54) is 10.8 Å². The van der Waals surface area contributed by atoms with E-state index in [4.69, 9.17) is 0 Å². The van der Waals surface area contributed by atoms with Crippen LogP contribution < -0.4 is 0 Å². The summed E-state index contributed by atoms with van der Waals surface area (Å²) in [6.07, 6.45) is 8.03. The Morgan fingerprint density at radius 1 is 1.08 bits per heavy atom. The van der Waals surface area contributed by atoms with Crippen LogP contribution in [0.2, 0.25) is 0 Å². The molecule has 26 heavy (non-hydrogen) atoms. The summed E-state index contributed by atoms with van der Waals surface area (Å²) >= 11 is 7.12. The minimum Gasteiger partial charge on any atom is -0.391 e. The number of hydrogen-bond donors (Lipinski definition) is 1. The lowest BCUT2D eigenvalue weighted by molar-refractivity contribution is 0.148. The Hall–Kier alpha value is -1.69. The van der Waals surface area contributed by atoms with E-state index in [0.29, 0.717) is 13.0 Å². The Balaban J connectivity index is 1.85. The number of aliphatic hydroxyl groups excluding tert-OH is 1. The third kappa shape index (κ3) is 4.34. The molecule has 5 heteroatoms. The molecular formula is C21H20Br2N2O. The number of halogens is 2. The number of fused-ring (bicyclic) bond motifs is 3. The van der Waals surface area contributed by atoms with Crippen molar-refractivity contribution in [2.75, 3.05) is 0 Å². The maximum atomic E-state index is 10.5. The van der Waals surface area contributed by atoms with E-state index in [-0.39, 0.29) is 0 Å². The largest absolute Gasteiger partial charge is 0.391 e. The van der Waals surface area contributed by atoms with E-state index in [1.54, 1.807) is 18.5 Å². The van der Waals surface area contributed by atoms with Gasteiger partial charge in [-0.25, -0.2) is 0 Å². The number of allylic oxidation sites excluding steroid dienone is 2. The van der Waals surface area contributed by atoms with Gasteiger partial charge in [0.1, 0.15) is 0 Å². The quantitative estimate of drug-likeness (QED) is 0.404. The summed E-state index contributed by atoms with van der Waals surface area (Å²) in [5, 5.41) is 12.9. The highest BCUT2D eigenvalue weighted by Gasteiger charge is 2.14. The molecule has 1 heterocycles. The number of hydrogen-bond acceptors (Lipinski definition) is 2. The summed E-state index contributed by atoms with van der Waals surface area (Å²) in [5.74, 6) is 0. The predicted molar refractivity (Wildman–Crippen MR) is 118 cm³/mol. The van der Waals surface area contributed by atoms with E-state index in [0.717, 1.165) is 26.4 Å². The molecule has 0 fully saturated rings. The standard InChI is InChI=1S/C21H20Br2N2O/c1-2-10-24-11-4-3-5-17(26)14-25-20-8-6-15(22)12-18(20)19-13-16(23)7-9-21(19)25/h2,4,6-13,17,26H,1,3,5,14H2/b11-4+,24-10?. The van der Waals surface area contributed by atoms with E-state index in [2.05, 4.69) is 72.3 Å². The summed E-state index contributed by atoms with van der Waals surface area (Å²) in [6, 6.07) is 12.5. The van der Waals surface area contributed by atoms with Crippen LogP contribution in [0.1, 0.15) is 12.8 Å². The molecule has 0 saturated carbocycles. The zero-order valence-corrected chi connectivity index (χ0v) is 17.4. The SMILES string of the molecule is C=CC=N/C=C/CCC(O)Cn1c2ccc(Br)cc2c2cc(Br)ccc21. The van der Waals surface area contributed by atoms with Gasteiger partial charge in [0, 0.05) is 49.7 Å². The lowest BCUT2D eigenvalue weighted by Gasteiger charge is -2.13. The van der Waals surface area contributed by atoms with E-state index in [9.17, 15) is 5.11 Å². The van der Waals surface area contributed by atoms with Crippen molar-refractivity contribution in [3.8, 4) is 0 Å². The van der Waals surface area contributed by atoms with Gasteiger partial charge < -0.3 is 9.67 Å². The lowest BCUT2D eigenvalue weighted by Crippen LogP contribution is -2.15. The van der Waals surface area contributed by atoms with Crippen molar-refractivity contribution in [3.63, 3.8) is 0 Å². The average Bonchev–Trinajstić information content (AvgIpc) is 2.90. The molecule has 0 aliphatic rings. The molecule has 0 saturated heterocycles. The predicted octanol–water partition coefficient (Wildman–Crippen LogP) is 6.23. The van der Waals surface area contributed by atoms with Gasteiger partial charge in [-0.15, -0.1) is 0 Å². The van der Waals surface area contributed by atoms with Gasteiger partial charge in [-0.05, 0) is 49.2 Å². The van der Waals surface area contributed by atoms with Crippen molar-refractivity contribution in [1.82, 2.24) is 4.57 Å². The molecule has 1 unspecified atom stereocenters. The van der Waals surface area contributed by atoms with Gasteiger partial charge in [0.25, 0.3) is 0 Å². The molecule has 0 aliphatic heterocycles. The summed E-state index contributed by atoms with van der Waals surface area (Å²) in [6.45, 7) is 4.14. The second kappa shape index (κ2) is 8.80. The molecule has 0 aliphatic carbocycles. The van der Waals surface area contributed by atoms with Crippen molar-refractivity contribution in [3.05, 3.63) is 70.3 Å². The third-order valence-corrected chi connectivity index (χ3v) is 5.22. The Kier molecular flexibility index (Phi) is 6.46. The number of nitrogens with zero attached hydrogens (tertiary/aromatic N) is 2. The van der Waals surface area contributed by atoms with Gasteiger partial charge in [0.15, 0.2) is 0 Å². The molecule has 1 aromatic heterocycles. The molecule has 3 aromatic rings. The molecule has 1 N–H and O–H groups in total. The maximum Gasteiger partial charge on any atom is 0.0722 e. The minimum atomic E-state index is -0.422. The van der Waals surface area contributed by atoms with Crippen LogP contribution >= 0.6 is 31.9 Å². The van der Waals surface area contributed by atoms with Crippen molar-refractivity contribution < 1.29 is 5.11 Å². The molecule has 0 amide bonds. The number of aliphatic hydroxyl groups is 1. The lowest BCUT2D eigenvalue weighted by atomic mass is 10.2. The van der Waals surface area contributed by atoms with Gasteiger partial charge in [-0.3, -0.25) is 4.99 Å². The fourth-order valence-corrected chi connectivity index (χ4v) is 3.80.